The SMILES string of the molecule is O=C(NOC(=O)C1CCCOC1)c1cncnc1. The molecular weight excluding hydrogens is 238 g/mol. The number of nitrogens with one attached hydrogen (secondary N) is 1. The van der Waals surface area contributed by atoms with E-state index in [4.69, 9.17) is 9.57 Å². The van der Waals surface area contributed by atoms with Gasteiger partial charge in [0.05, 0.1) is 18.1 Å². The van der Waals surface area contributed by atoms with E-state index in [1.165, 1.54) is 18.7 Å². The van der Waals surface area contributed by atoms with Crippen molar-refractivity contribution in [3.8, 4) is 0 Å². The van der Waals surface area contributed by atoms with E-state index in [-0.39, 0.29) is 11.5 Å². The van der Waals surface area contributed by atoms with Crippen molar-refractivity contribution in [3.63, 3.8) is 0 Å². The molecule has 1 aliphatic heterocycles. The summed E-state index contributed by atoms with van der Waals surface area (Å²) in [5, 5.41) is 0. The minimum atomic E-state index is -0.555. The highest BCUT2D eigenvalue weighted by Crippen LogP contribution is 2.14. The Bertz CT molecular complexity index is 418. The zero-order valence-corrected chi connectivity index (χ0v) is 9.67. The molecule has 1 aromatic heterocycles. The summed E-state index contributed by atoms with van der Waals surface area (Å²) in [6.45, 7) is 1.00. The molecule has 0 bridgehead atoms. The maximum Gasteiger partial charge on any atom is 0.337 e. The molecule has 7 nitrogen and oxygen atoms in total. The molecule has 1 saturated heterocycles. The number of rotatable bonds is 2. The summed E-state index contributed by atoms with van der Waals surface area (Å²) >= 11 is 0. The van der Waals surface area contributed by atoms with E-state index in [2.05, 4.69) is 15.4 Å². The van der Waals surface area contributed by atoms with Crippen molar-refractivity contribution in [2.24, 2.45) is 5.92 Å². The third-order valence-corrected chi connectivity index (χ3v) is 2.56. The van der Waals surface area contributed by atoms with Crippen LogP contribution in [0.2, 0.25) is 0 Å². The van der Waals surface area contributed by atoms with Gasteiger partial charge in [0.2, 0.25) is 0 Å². The Labute approximate surface area is 103 Å². The normalized spacial score (nSPS) is 19.0. The smallest absolute Gasteiger partial charge is 0.337 e. The molecule has 0 aliphatic carbocycles. The second-order valence-electron chi connectivity index (χ2n) is 3.89. The quantitative estimate of drug-likeness (QED) is 0.749. The summed E-state index contributed by atoms with van der Waals surface area (Å²) < 4.78 is 5.16. The van der Waals surface area contributed by atoms with Crippen molar-refractivity contribution in [3.05, 3.63) is 24.3 Å². The Morgan fingerprint density at radius 3 is 2.83 bits per heavy atom. The van der Waals surface area contributed by atoms with Gasteiger partial charge >= 0.3 is 5.97 Å². The Balaban J connectivity index is 1.80. The standard InChI is InChI=1S/C11H13N3O4/c15-10(9-4-12-7-13-5-9)14-18-11(16)8-2-1-3-17-6-8/h4-5,7-8H,1-3,6H2,(H,14,15). The molecular formula is C11H13N3O4. The molecule has 2 heterocycles. The molecule has 7 heteroatoms. The summed E-state index contributed by atoms with van der Waals surface area (Å²) in [7, 11) is 0. The molecule has 96 valence electrons. The first-order valence-electron chi connectivity index (χ1n) is 5.61. The maximum atomic E-state index is 11.6. The molecule has 0 saturated carbocycles. The van der Waals surface area contributed by atoms with Crippen LogP contribution in [-0.4, -0.2) is 35.1 Å². The van der Waals surface area contributed by atoms with Gasteiger partial charge in [-0.3, -0.25) is 4.79 Å². The third kappa shape index (κ3) is 3.24. The van der Waals surface area contributed by atoms with Crippen LogP contribution in [0.5, 0.6) is 0 Å². The Morgan fingerprint density at radius 2 is 2.17 bits per heavy atom. The van der Waals surface area contributed by atoms with E-state index >= 15 is 0 Å². The summed E-state index contributed by atoms with van der Waals surface area (Å²) in [6.07, 6.45) is 5.51. The molecule has 0 spiro atoms. The van der Waals surface area contributed by atoms with Crippen molar-refractivity contribution < 1.29 is 19.2 Å². The van der Waals surface area contributed by atoms with Crippen LogP contribution in [0.15, 0.2) is 18.7 Å². The van der Waals surface area contributed by atoms with Crippen molar-refractivity contribution in [2.45, 2.75) is 12.8 Å². The fraction of sp³-hybridized carbons (Fsp3) is 0.455. The Kier molecular flexibility index (Phi) is 4.19. The first-order chi connectivity index (χ1) is 8.77. The monoisotopic (exact) mass is 251 g/mol. The van der Waals surface area contributed by atoms with Gasteiger partial charge in [0.15, 0.2) is 0 Å². The van der Waals surface area contributed by atoms with Crippen LogP contribution in [0.4, 0.5) is 0 Å². The Morgan fingerprint density at radius 1 is 1.39 bits per heavy atom. The summed E-state index contributed by atoms with van der Waals surface area (Å²) in [4.78, 5) is 35.2. The molecule has 1 N–H and O–H groups in total. The van der Waals surface area contributed by atoms with Crippen LogP contribution in [0.3, 0.4) is 0 Å². The second kappa shape index (κ2) is 6.06. The topological polar surface area (TPSA) is 90.4 Å². The van der Waals surface area contributed by atoms with Crippen molar-refractivity contribution >= 4 is 11.9 Å². The minimum absolute atomic E-state index is 0.227. The van der Waals surface area contributed by atoms with Gasteiger partial charge in [-0.05, 0) is 12.8 Å². The van der Waals surface area contributed by atoms with Crippen LogP contribution in [0.25, 0.3) is 0 Å². The lowest BCUT2D eigenvalue weighted by atomic mass is 10.0. The van der Waals surface area contributed by atoms with E-state index in [9.17, 15) is 9.59 Å². The number of nitrogens with zero attached hydrogens (tertiary/aromatic N) is 2. The van der Waals surface area contributed by atoms with Crippen LogP contribution >= 0.6 is 0 Å². The van der Waals surface area contributed by atoms with Gasteiger partial charge in [0.25, 0.3) is 5.91 Å². The van der Waals surface area contributed by atoms with Crippen LogP contribution in [-0.2, 0) is 14.4 Å². The van der Waals surface area contributed by atoms with E-state index in [0.717, 1.165) is 6.42 Å². The van der Waals surface area contributed by atoms with Gasteiger partial charge in [0.1, 0.15) is 6.33 Å². The number of aromatic nitrogens is 2. The number of amides is 1. The van der Waals surface area contributed by atoms with E-state index in [1.54, 1.807) is 0 Å². The fourth-order valence-corrected chi connectivity index (χ4v) is 1.58. The lowest BCUT2D eigenvalue weighted by Crippen LogP contribution is -2.34. The number of carbonyl (C=O) groups excluding carboxylic acids is 2. The molecule has 1 aliphatic rings. The molecule has 2 rings (SSSR count). The number of hydroxylamine groups is 1. The average molecular weight is 251 g/mol. The largest absolute Gasteiger partial charge is 0.381 e. The van der Waals surface area contributed by atoms with Crippen molar-refractivity contribution in [2.75, 3.05) is 13.2 Å². The average Bonchev–Trinajstić information content (AvgIpc) is 2.46. The highest BCUT2D eigenvalue weighted by atomic mass is 16.7. The van der Waals surface area contributed by atoms with Gasteiger partial charge in [-0.2, -0.15) is 5.48 Å². The lowest BCUT2D eigenvalue weighted by Gasteiger charge is -2.19. The van der Waals surface area contributed by atoms with Crippen molar-refractivity contribution in [1.29, 1.82) is 0 Å². The van der Waals surface area contributed by atoms with Gasteiger partial charge in [-0.1, -0.05) is 0 Å². The minimum Gasteiger partial charge on any atom is -0.381 e. The molecule has 18 heavy (non-hydrogen) atoms. The predicted octanol–water partition coefficient (Wildman–Crippen LogP) is 0.0912. The zero-order chi connectivity index (χ0) is 12.8. The lowest BCUT2D eigenvalue weighted by molar-refractivity contribution is -0.158. The zero-order valence-electron chi connectivity index (χ0n) is 9.67. The molecule has 1 atom stereocenters. The van der Waals surface area contributed by atoms with Gasteiger partial charge < -0.3 is 9.57 Å². The first kappa shape index (κ1) is 12.4. The number of carbonyl (C=O) groups is 2. The highest BCUT2D eigenvalue weighted by Gasteiger charge is 2.24. The van der Waals surface area contributed by atoms with Crippen LogP contribution < -0.4 is 5.48 Å². The number of hydrogen-bond acceptors (Lipinski definition) is 6. The summed E-state index contributed by atoms with van der Waals surface area (Å²) in [6, 6.07) is 0. The third-order valence-electron chi connectivity index (χ3n) is 2.56. The summed E-state index contributed by atoms with van der Waals surface area (Å²) in [5.74, 6) is -1.35. The molecule has 1 fully saturated rings. The van der Waals surface area contributed by atoms with Crippen LogP contribution in [0, 0.1) is 5.92 Å². The second-order valence-corrected chi connectivity index (χ2v) is 3.89. The predicted molar refractivity (Wildman–Crippen MR) is 59.1 cm³/mol. The molecule has 0 aromatic carbocycles. The number of ether oxygens (including phenoxy) is 1. The van der Waals surface area contributed by atoms with Crippen LogP contribution in [0.1, 0.15) is 23.2 Å². The van der Waals surface area contributed by atoms with Gasteiger partial charge in [-0.15, -0.1) is 0 Å². The number of hydrogen-bond donors (Lipinski definition) is 1. The van der Waals surface area contributed by atoms with E-state index < -0.39 is 11.9 Å². The molecule has 1 unspecified atom stereocenters. The van der Waals surface area contributed by atoms with E-state index in [1.807, 2.05) is 0 Å². The maximum absolute atomic E-state index is 11.6. The molecule has 0 radical (unpaired) electrons. The van der Waals surface area contributed by atoms with Gasteiger partial charge in [0, 0.05) is 19.0 Å². The molecule has 1 aromatic rings. The van der Waals surface area contributed by atoms with Crippen molar-refractivity contribution in [1.82, 2.24) is 15.4 Å². The first-order valence-corrected chi connectivity index (χ1v) is 5.61. The van der Waals surface area contributed by atoms with Gasteiger partial charge in [-0.25, -0.2) is 14.8 Å². The fourth-order valence-electron chi connectivity index (χ4n) is 1.58. The molecule has 1 amide bonds. The summed E-state index contributed by atoms with van der Waals surface area (Å²) in [5.41, 5.74) is 2.30. The highest BCUT2D eigenvalue weighted by molar-refractivity contribution is 5.93. The van der Waals surface area contributed by atoms with E-state index in [0.29, 0.717) is 19.6 Å². The Hall–Kier alpha value is -2.02.